The lowest BCUT2D eigenvalue weighted by Gasteiger charge is -2.25. The second kappa shape index (κ2) is 8.68. The second-order valence-corrected chi connectivity index (χ2v) is 8.15. The summed E-state index contributed by atoms with van der Waals surface area (Å²) in [7, 11) is -2.09. The summed E-state index contributed by atoms with van der Waals surface area (Å²) < 4.78 is 29.0. The van der Waals surface area contributed by atoms with Crippen LogP contribution in [0, 0.1) is 11.8 Å². The van der Waals surface area contributed by atoms with Crippen LogP contribution in [0.25, 0.3) is 0 Å². The molecule has 0 saturated heterocycles. The minimum atomic E-state index is -3.65. The molecule has 0 saturated carbocycles. The fraction of sp³-hybridized carbons (Fsp3) is 0.625. The summed E-state index contributed by atoms with van der Waals surface area (Å²) in [6, 6.07) is 6.73. The number of ether oxygens (including phenoxy) is 1. The van der Waals surface area contributed by atoms with Gasteiger partial charge >= 0.3 is 7.60 Å². The highest BCUT2D eigenvalue weighted by atomic mass is 31.2. The molecular weight excluding hydrogens is 303 g/mol. The van der Waals surface area contributed by atoms with Crippen molar-refractivity contribution in [2.45, 2.75) is 33.5 Å². The average molecular weight is 330 g/mol. The van der Waals surface area contributed by atoms with E-state index in [1.807, 2.05) is 27.7 Å². The first-order valence-electron chi connectivity index (χ1n) is 7.49. The van der Waals surface area contributed by atoms with E-state index in [9.17, 15) is 9.67 Å². The molecule has 0 aromatic heterocycles. The number of hydrogen-bond acceptors (Lipinski definition) is 5. The summed E-state index contributed by atoms with van der Waals surface area (Å²) in [5.74, 6) is -0.258. The van der Waals surface area contributed by atoms with Crippen LogP contribution in [-0.4, -0.2) is 25.4 Å². The lowest BCUT2D eigenvalue weighted by Crippen LogP contribution is -2.11. The number of benzene rings is 1. The third kappa shape index (κ3) is 5.73. The highest BCUT2D eigenvalue weighted by Crippen LogP contribution is 2.60. The third-order valence-electron chi connectivity index (χ3n) is 2.89. The lowest BCUT2D eigenvalue weighted by atomic mass is 10.2. The molecule has 6 heteroatoms. The van der Waals surface area contributed by atoms with Gasteiger partial charge in [-0.2, -0.15) is 0 Å². The molecule has 0 aliphatic rings. The Morgan fingerprint density at radius 2 is 1.45 bits per heavy atom. The fourth-order valence-corrected chi connectivity index (χ4v) is 3.55. The Morgan fingerprint density at radius 1 is 1.00 bits per heavy atom. The molecule has 0 aliphatic carbocycles. The minimum absolute atomic E-state index is 0.194. The normalized spacial score (nSPS) is 13.6. The van der Waals surface area contributed by atoms with Gasteiger partial charge in [-0.1, -0.05) is 39.8 Å². The maximum Gasteiger partial charge on any atom is 0.363 e. The van der Waals surface area contributed by atoms with E-state index >= 15 is 0 Å². The quantitative estimate of drug-likeness (QED) is 0.687. The standard InChI is InChI=1S/C16H27O5P/c1-12(2)10-20-22(18,21-11-13(3)4)16(17)14-6-8-15(19-5)9-7-14/h6-9,12-13,16-17H,10-11H2,1-5H3/t16-/m0/s1. The van der Waals surface area contributed by atoms with Gasteiger partial charge in [0.1, 0.15) is 5.75 Å². The van der Waals surface area contributed by atoms with E-state index < -0.39 is 13.4 Å². The average Bonchev–Trinajstić information content (AvgIpc) is 2.50. The van der Waals surface area contributed by atoms with Crippen LogP contribution in [0.5, 0.6) is 5.75 Å². The van der Waals surface area contributed by atoms with E-state index in [1.165, 1.54) is 0 Å². The van der Waals surface area contributed by atoms with Crippen molar-refractivity contribution in [1.82, 2.24) is 0 Å². The molecular formula is C16H27O5P. The summed E-state index contributed by atoms with van der Waals surface area (Å²) in [5.41, 5.74) is 0.483. The van der Waals surface area contributed by atoms with Crippen LogP contribution in [-0.2, 0) is 13.6 Å². The predicted molar refractivity (Wildman–Crippen MR) is 87.1 cm³/mol. The van der Waals surface area contributed by atoms with Crippen molar-refractivity contribution in [3.63, 3.8) is 0 Å². The van der Waals surface area contributed by atoms with Crippen molar-refractivity contribution in [1.29, 1.82) is 0 Å². The molecule has 0 bridgehead atoms. The van der Waals surface area contributed by atoms with Crippen molar-refractivity contribution in [2.75, 3.05) is 20.3 Å². The van der Waals surface area contributed by atoms with Crippen LogP contribution >= 0.6 is 7.60 Å². The zero-order valence-electron chi connectivity index (χ0n) is 14.0. The lowest BCUT2D eigenvalue weighted by molar-refractivity contribution is 0.124. The van der Waals surface area contributed by atoms with Gasteiger partial charge in [-0.15, -0.1) is 0 Å². The zero-order valence-corrected chi connectivity index (χ0v) is 14.9. The van der Waals surface area contributed by atoms with Gasteiger partial charge in [-0.25, -0.2) is 0 Å². The minimum Gasteiger partial charge on any atom is -0.497 e. The number of aliphatic hydroxyl groups excluding tert-OH is 1. The molecule has 0 aliphatic heterocycles. The van der Waals surface area contributed by atoms with Crippen LogP contribution in [0.2, 0.25) is 0 Å². The third-order valence-corrected chi connectivity index (χ3v) is 4.80. The number of rotatable bonds is 9. The van der Waals surface area contributed by atoms with Crippen LogP contribution in [0.1, 0.15) is 39.1 Å². The monoisotopic (exact) mass is 330 g/mol. The first kappa shape index (κ1) is 19.2. The van der Waals surface area contributed by atoms with Crippen LogP contribution in [0.3, 0.4) is 0 Å². The molecule has 0 fully saturated rings. The van der Waals surface area contributed by atoms with Gasteiger partial charge in [0, 0.05) is 0 Å². The smallest absolute Gasteiger partial charge is 0.363 e. The molecule has 1 aromatic carbocycles. The SMILES string of the molecule is COc1ccc([C@@H](O)P(=O)(OCC(C)C)OCC(C)C)cc1. The van der Waals surface area contributed by atoms with Gasteiger partial charge in [0.15, 0.2) is 5.85 Å². The van der Waals surface area contributed by atoms with Gasteiger partial charge in [0.2, 0.25) is 0 Å². The van der Waals surface area contributed by atoms with Crippen molar-refractivity contribution >= 4 is 7.60 Å². The Bertz CT molecular complexity index is 468. The number of aliphatic hydroxyl groups is 1. The Kier molecular flexibility index (Phi) is 7.57. The van der Waals surface area contributed by atoms with Crippen molar-refractivity contribution in [2.24, 2.45) is 11.8 Å². The molecule has 126 valence electrons. The number of hydrogen-bond donors (Lipinski definition) is 1. The van der Waals surface area contributed by atoms with Gasteiger partial charge in [-0.05, 0) is 29.5 Å². The maximum atomic E-state index is 13.0. The van der Waals surface area contributed by atoms with E-state index in [2.05, 4.69) is 0 Å². The van der Waals surface area contributed by atoms with E-state index in [-0.39, 0.29) is 25.0 Å². The summed E-state index contributed by atoms with van der Waals surface area (Å²) >= 11 is 0. The first-order valence-corrected chi connectivity index (χ1v) is 9.10. The van der Waals surface area contributed by atoms with Gasteiger partial charge in [0.25, 0.3) is 0 Å². The molecule has 0 unspecified atom stereocenters. The summed E-state index contributed by atoms with van der Waals surface area (Å²) in [5, 5.41) is 10.5. The Balaban J connectivity index is 2.93. The van der Waals surface area contributed by atoms with Gasteiger partial charge in [0.05, 0.1) is 20.3 Å². The molecule has 5 nitrogen and oxygen atoms in total. The molecule has 1 N–H and O–H groups in total. The van der Waals surface area contributed by atoms with Crippen LogP contribution < -0.4 is 4.74 Å². The van der Waals surface area contributed by atoms with E-state index in [0.717, 1.165) is 0 Å². The van der Waals surface area contributed by atoms with Crippen molar-refractivity contribution in [3.8, 4) is 5.75 Å². The molecule has 0 radical (unpaired) electrons. The van der Waals surface area contributed by atoms with E-state index in [4.69, 9.17) is 13.8 Å². The van der Waals surface area contributed by atoms with Crippen molar-refractivity contribution < 1.29 is 23.5 Å². The molecule has 1 aromatic rings. The molecule has 0 spiro atoms. The van der Waals surface area contributed by atoms with Gasteiger partial charge in [-0.3, -0.25) is 4.57 Å². The van der Waals surface area contributed by atoms with Crippen LogP contribution in [0.15, 0.2) is 24.3 Å². The fourth-order valence-electron chi connectivity index (χ4n) is 1.64. The molecule has 1 rings (SSSR count). The molecule has 1 atom stereocenters. The highest BCUT2D eigenvalue weighted by Gasteiger charge is 2.36. The highest BCUT2D eigenvalue weighted by molar-refractivity contribution is 7.54. The van der Waals surface area contributed by atoms with Gasteiger partial charge < -0.3 is 18.9 Å². The predicted octanol–water partition coefficient (Wildman–Crippen LogP) is 4.22. The summed E-state index contributed by atoms with van der Waals surface area (Å²) in [6.45, 7) is 8.34. The van der Waals surface area contributed by atoms with Crippen molar-refractivity contribution in [3.05, 3.63) is 29.8 Å². The summed E-state index contributed by atoms with van der Waals surface area (Å²) in [4.78, 5) is 0. The Morgan fingerprint density at radius 3 is 1.82 bits per heavy atom. The first-order chi connectivity index (χ1) is 10.3. The molecule has 0 heterocycles. The Labute approximate surface area is 133 Å². The topological polar surface area (TPSA) is 65.0 Å². The van der Waals surface area contributed by atoms with Crippen LogP contribution in [0.4, 0.5) is 0 Å². The largest absolute Gasteiger partial charge is 0.497 e. The second-order valence-electron chi connectivity index (χ2n) is 6.07. The van der Waals surface area contributed by atoms with E-state index in [0.29, 0.717) is 11.3 Å². The molecule has 0 amide bonds. The number of methoxy groups -OCH3 is 1. The van der Waals surface area contributed by atoms with E-state index in [1.54, 1.807) is 31.4 Å². The Hall–Kier alpha value is -0.870. The summed E-state index contributed by atoms with van der Waals surface area (Å²) in [6.07, 6.45) is 0. The maximum absolute atomic E-state index is 13.0. The zero-order chi connectivity index (χ0) is 16.8. The molecule has 22 heavy (non-hydrogen) atoms.